The number of benzene rings is 1. The molecule has 22 heavy (non-hydrogen) atoms. The maximum absolute atomic E-state index is 12.9. The van der Waals surface area contributed by atoms with Crippen molar-refractivity contribution in [2.24, 2.45) is 5.92 Å². The fourth-order valence-corrected chi connectivity index (χ4v) is 2.84. The van der Waals surface area contributed by atoms with Crippen LogP contribution in [0.3, 0.4) is 0 Å². The van der Waals surface area contributed by atoms with Gasteiger partial charge in [-0.25, -0.2) is 4.39 Å². The molecular weight excluding hydrogens is 279 g/mol. The zero-order valence-electron chi connectivity index (χ0n) is 12.4. The summed E-state index contributed by atoms with van der Waals surface area (Å²) in [4.78, 5) is 15.9. The van der Waals surface area contributed by atoms with Crippen molar-refractivity contribution in [2.75, 3.05) is 6.54 Å². The van der Waals surface area contributed by atoms with E-state index < -0.39 is 0 Å². The third-order valence-corrected chi connectivity index (χ3v) is 4.15. The van der Waals surface area contributed by atoms with E-state index in [1.807, 2.05) is 12.3 Å². The number of hydrogen-bond donors (Lipinski definition) is 1. The van der Waals surface area contributed by atoms with Gasteiger partial charge in [0.05, 0.1) is 5.69 Å². The van der Waals surface area contributed by atoms with Crippen LogP contribution < -0.4 is 5.32 Å². The quantitative estimate of drug-likeness (QED) is 0.920. The Hall–Kier alpha value is -2.23. The molecule has 1 saturated heterocycles. The topological polar surface area (TPSA) is 42.0 Å². The van der Waals surface area contributed by atoms with Crippen molar-refractivity contribution in [3.05, 3.63) is 54.0 Å². The summed E-state index contributed by atoms with van der Waals surface area (Å²) in [5.41, 5.74) is 2.93. The summed E-state index contributed by atoms with van der Waals surface area (Å²) in [6, 6.07) is 10.4. The number of carbonyl (C=O) groups is 1. The van der Waals surface area contributed by atoms with E-state index in [0.717, 1.165) is 43.5 Å². The minimum atomic E-state index is -0.240. The summed E-state index contributed by atoms with van der Waals surface area (Å²) in [7, 11) is 0. The van der Waals surface area contributed by atoms with Crippen LogP contribution in [0.5, 0.6) is 0 Å². The molecule has 3 rings (SSSR count). The predicted molar refractivity (Wildman–Crippen MR) is 83.7 cm³/mol. The van der Waals surface area contributed by atoms with Crippen molar-refractivity contribution in [3.8, 4) is 11.3 Å². The second-order valence-corrected chi connectivity index (χ2v) is 5.73. The lowest BCUT2D eigenvalue weighted by molar-refractivity contribution is -0.122. The molecule has 0 bridgehead atoms. The van der Waals surface area contributed by atoms with Crippen LogP contribution in [0.25, 0.3) is 11.3 Å². The number of hydrogen-bond acceptors (Lipinski definition) is 2. The molecule has 1 amide bonds. The summed E-state index contributed by atoms with van der Waals surface area (Å²) in [5, 5.41) is 2.87. The molecule has 1 aromatic carbocycles. The first kappa shape index (κ1) is 14.7. The molecule has 4 heteroatoms. The highest BCUT2D eigenvalue weighted by molar-refractivity contribution is 5.80. The average Bonchev–Trinajstić information content (AvgIpc) is 2.94. The molecule has 1 atom stereocenters. The molecule has 114 valence electrons. The Kier molecular flexibility index (Phi) is 4.47. The fraction of sp³-hybridized carbons (Fsp3) is 0.333. The molecular formula is C18H19FN2O. The van der Waals surface area contributed by atoms with Crippen LogP contribution in [0.4, 0.5) is 4.39 Å². The summed E-state index contributed by atoms with van der Waals surface area (Å²) >= 11 is 0. The molecule has 2 heterocycles. The van der Waals surface area contributed by atoms with E-state index in [2.05, 4.69) is 16.4 Å². The van der Waals surface area contributed by atoms with Gasteiger partial charge in [-0.2, -0.15) is 0 Å². The lowest BCUT2D eigenvalue weighted by Crippen LogP contribution is -2.19. The summed E-state index contributed by atoms with van der Waals surface area (Å²) in [6.45, 7) is 0.817. The van der Waals surface area contributed by atoms with Crippen LogP contribution in [-0.4, -0.2) is 17.4 Å². The Morgan fingerprint density at radius 2 is 2.00 bits per heavy atom. The number of nitrogens with one attached hydrogen (secondary N) is 1. The predicted octanol–water partition coefficient (Wildman–Crippen LogP) is 3.35. The van der Waals surface area contributed by atoms with Gasteiger partial charge in [0.25, 0.3) is 0 Å². The first-order valence-corrected chi connectivity index (χ1v) is 7.71. The van der Waals surface area contributed by atoms with Crippen molar-refractivity contribution >= 4 is 5.91 Å². The average molecular weight is 298 g/mol. The van der Waals surface area contributed by atoms with Crippen LogP contribution in [0.15, 0.2) is 42.6 Å². The van der Waals surface area contributed by atoms with Crippen LogP contribution >= 0.6 is 0 Å². The van der Waals surface area contributed by atoms with Crippen molar-refractivity contribution in [3.63, 3.8) is 0 Å². The van der Waals surface area contributed by atoms with E-state index in [0.29, 0.717) is 0 Å². The van der Waals surface area contributed by atoms with Crippen molar-refractivity contribution < 1.29 is 9.18 Å². The van der Waals surface area contributed by atoms with Crippen molar-refractivity contribution in [1.29, 1.82) is 0 Å². The van der Waals surface area contributed by atoms with Crippen molar-refractivity contribution in [2.45, 2.75) is 25.7 Å². The van der Waals surface area contributed by atoms with E-state index >= 15 is 0 Å². The highest BCUT2D eigenvalue weighted by atomic mass is 19.1. The zero-order valence-corrected chi connectivity index (χ0v) is 12.4. The second-order valence-electron chi connectivity index (χ2n) is 5.73. The van der Waals surface area contributed by atoms with Gasteiger partial charge in [-0.3, -0.25) is 9.78 Å². The van der Waals surface area contributed by atoms with Gasteiger partial charge < -0.3 is 5.32 Å². The molecule has 1 aliphatic rings. The van der Waals surface area contributed by atoms with Crippen molar-refractivity contribution in [1.82, 2.24) is 10.3 Å². The Balaban J connectivity index is 1.55. The van der Waals surface area contributed by atoms with Crippen LogP contribution in [-0.2, 0) is 11.2 Å². The third-order valence-electron chi connectivity index (χ3n) is 4.15. The lowest BCUT2D eigenvalue weighted by atomic mass is 9.99. The van der Waals surface area contributed by atoms with Crippen LogP contribution in [0.2, 0.25) is 0 Å². The number of nitrogens with zero attached hydrogens (tertiary/aromatic N) is 1. The highest BCUT2D eigenvalue weighted by Gasteiger charge is 2.22. The minimum absolute atomic E-state index is 0.187. The molecule has 1 N–H and O–H groups in total. The lowest BCUT2D eigenvalue weighted by Gasteiger charge is -2.07. The van der Waals surface area contributed by atoms with Crippen LogP contribution in [0.1, 0.15) is 24.8 Å². The Bertz CT molecular complexity index is 637. The molecule has 1 aliphatic heterocycles. The van der Waals surface area contributed by atoms with Gasteiger partial charge in [0, 0.05) is 24.2 Å². The van der Waals surface area contributed by atoms with Gasteiger partial charge in [0.1, 0.15) is 5.82 Å². The molecule has 2 aromatic rings. The standard InChI is InChI=1S/C18H19FN2O/c19-16-7-5-14(6-8-16)17-9-4-13(12-21-17)2-1-3-15-10-11-20-18(15)22/h4-9,12,15H,1-3,10-11H2,(H,20,22). The van der Waals surface area contributed by atoms with E-state index in [4.69, 9.17) is 0 Å². The third kappa shape index (κ3) is 3.50. The van der Waals surface area contributed by atoms with Gasteiger partial charge in [0.2, 0.25) is 5.91 Å². The molecule has 0 saturated carbocycles. The summed E-state index contributed by atoms with van der Waals surface area (Å²) in [5.74, 6) is 0.146. The molecule has 0 aliphatic carbocycles. The monoisotopic (exact) mass is 298 g/mol. The van der Waals surface area contributed by atoms with Gasteiger partial charge in [-0.15, -0.1) is 0 Å². The summed E-state index contributed by atoms with van der Waals surface area (Å²) < 4.78 is 12.9. The normalized spacial score (nSPS) is 17.5. The maximum Gasteiger partial charge on any atom is 0.223 e. The molecule has 0 radical (unpaired) electrons. The van der Waals surface area contributed by atoms with Gasteiger partial charge in [-0.1, -0.05) is 6.07 Å². The number of amides is 1. The number of aromatic nitrogens is 1. The number of aryl methyl sites for hydroxylation is 1. The minimum Gasteiger partial charge on any atom is -0.356 e. The molecule has 3 nitrogen and oxygen atoms in total. The number of halogens is 1. The molecule has 1 fully saturated rings. The molecule has 0 spiro atoms. The SMILES string of the molecule is O=C1NCCC1CCCc1ccc(-c2ccc(F)cc2)nc1. The maximum atomic E-state index is 12.9. The Morgan fingerprint density at radius 1 is 1.18 bits per heavy atom. The van der Waals surface area contributed by atoms with E-state index in [1.54, 1.807) is 12.1 Å². The van der Waals surface area contributed by atoms with E-state index in [-0.39, 0.29) is 17.6 Å². The van der Waals surface area contributed by atoms with E-state index in [9.17, 15) is 9.18 Å². The molecule has 1 aromatic heterocycles. The Morgan fingerprint density at radius 3 is 2.64 bits per heavy atom. The first-order valence-electron chi connectivity index (χ1n) is 7.71. The number of pyridine rings is 1. The fourth-order valence-electron chi connectivity index (χ4n) is 2.84. The van der Waals surface area contributed by atoms with Gasteiger partial charge in [-0.05, 0) is 61.6 Å². The molecule has 1 unspecified atom stereocenters. The second kappa shape index (κ2) is 6.69. The van der Waals surface area contributed by atoms with Gasteiger partial charge >= 0.3 is 0 Å². The zero-order chi connectivity index (χ0) is 15.4. The Labute approximate surface area is 129 Å². The summed E-state index contributed by atoms with van der Waals surface area (Å²) in [6.07, 6.45) is 5.69. The highest BCUT2D eigenvalue weighted by Crippen LogP contribution is 2.20. The van der Waals surface area contributed by atoms with Gasteiger partial charge in [0.15, 0.2) is 0 Å². The smallest absolute Gasteiger partial charge is 0.223 e. The largest absolute Gasteiger partial charge is 0.356 e. The van der Waals surface area contributed by atoms with Crippen LogP contribution in [0, 0.1) is 11.7 Å². The van der Waals surface area contributed by atoms with E-state index in [1.165, 1.54) is 17.7 Å². The first-order chi connectivity index (χ1) is 10.7. The number of rotatable bonds is 5. The number of carbonyl (C=O) groups excluding carboxylic acids is 1.